The van der Waals surface area contributed by atoms with Gasteiger partial charge in [-0.2, -0.15) is 0 Å². The molecule has 1 aromatic carbocycles. The first-order valence-corrected chi connectivity index (χ1v) is 10.6. The van der Waals surface area contributed by atoms with Crippen LogP contribution in [0.1, 0.15) is 38.2 Å². The molecule has 2 aliphatic rings. The van der Waals surface area contributed by atoms with Gasteiger partial charge in [0.1, 0.15) is 0 Å². The van der Waals surface area contributed by atoms with E-state index in [1.165, 1.54) is 37.8 Å². The van der Waals surface area contributed by atoms with Gasteiger partial charge in [-0.15, -0.1) is 0 Å². The van der Waals surface area contributed by atoms with Crippen LogP contribution in [0.3, 0.4) is 0 Å². The van der Waals surface area contributed by atoms with Crippen molar-refractivity contribution < 1.29 is 4.74 Å². The Balaban J connectivity index is 1.35. The summed E-state index contributed by atoms with van der Waals surface area (Å²) in [5.41, 5.74) is 1.25. The zero-order chi connectivity index (χ0) is 18.9. The molecule has 150 valence electrons. The van der Waals surface area contributed by atoms with Crippen molar-refractivity contribution in [2.24, 2.45) is 10.9 Å². The Morgan fingerprint density at radius 2 is 2.04 bits per heavy atom. The van der Waals surface area contributed by atoms with Crippen LogP contribution in [-0.2, 0) is 11.3 Å². The first kappa shape index (κ1) is 20.2. The number of hydrogen-bond acceptors (Lipinski definition) is 3. The molecule has 0 aromatic heterocycles. The summed E-state index contributed by atoms with van der Waals surface area (Å²) in [5, 5.41) is 3.58. The van der Waals surface area contributed by atoms with Gasteiger partial charge in [-0.1, -0.05) is 36.8 Å². The molecule has 3 rings (SSSR count). The summed E-state index contributed by atoms with van der Waals surface area (Å²) >= 11 is 0. The van der Waals surface area contributed by atoms with Crippen LogP contribution in [0.15, 0.2) is 35.3 Å². The number of piperidine rings is 1. The van der Waals surface area contributed by atoms with Crippen LogP contribution in [-0.4, -0.2) is 68.2 Å². The van der Waals surface area contributed by atoms with E-state index in [1.807, 2.05) is 13.1 Å². The van der Waals surface area contributed by atoms with Crippen molar-refractivity contribution in [1.82, 2.24) is 15.1 Å². The molecule has 2 atom stereocenters. The first-order chi connectivity index (χ1) is 13.3. The zero-order valence-electron chi connectivity index (χ0n) is 17.1. The third-order valence-electron chi connectivity index (χ3n) is 5.88. The van der Waals surface area contributed by atoms with Crippen molar-refractivity contribution in [2.75, 3.05) is 46.4 Å². The molecule has 1 N–H and O–H groups in total. The number of aliphatic imine (C=N–C) groups is 1. The molecule has 2 aliphatic heterocycles. The number of nitrogens with zero attached hydrogens (tertiary/aromatic N) is 3. The lowest BCUT2D eigenvalue weighted by Crippen LogP contribution is -2.46. The average molecular weight is 373 g/mol. The van der Waals surface area contributed by atoms with Gasteiger partial charge >= 0.3 is 0 Å². The van der Waals surface area contributed by atoms with E-state index in [1.54, 1.807) is 0 Å². The normalized spacial score (nSPS) is 24.4. The second-order valence-electron chi connectivity index (χ2n) is 7.96. The molecule has 0 bridgehead atoms. The summed E-state index contributed by atoms with van der Waals surface area (Å²) in [6.45, 7) is 9.32. The molecule has 0 spiro atoms. The fourth-order valence-electron chi connectivity index (χ4n) is 4.21. The number of guanidine groups is 1. The summed E-state index contributed by atoms with van der Waals surface area (Å²) in [6, 6.07) is 11.1. The molecular weight excluding hydrogens is 336 g/mol. The van der Waals surface area contributed by atoms with Crippen molar-refractivity contribution in [3.63, 3.8) is 0 Å². The van der Waals surface area contributed by atoms with E-state index in [0.717, 1.165) is 44.8 Å². The molecule has 0 amide bonds. The van der Waals surface area contributed by atoms with Gasteiger partial charge in [0.2, 0.25) is 0 Å². The fourth-order valence-corrected chi connectivity index (χ4v) is 4.21. The van der Waals surface area contributed by atoms with Crippen LogP contribution in [0.2, 0.25) is 0 Å². The average Bonchev–Trinajstić information content (AvgIpc) is 3.16. The van der Waals surface area contributed by atoms with Gasteiger partial charge < -0.3 is 15.0 Å². The molecule has 5 heteroatoms. The second-order valence-corrected chi connectivity index (χ2v) is 7.96. The predicted molar refractivity (Wildman–Crippen MR) is 112 cm³/mol. The molecule has 2 fully saturated rings. The van der Waals surface area contributed by atoms with E-state index in [0.29, 0.717) is 12.5 Å². The van der Waals surface area contributed by atoms with Crippen LogP contribution >= 0.6 is 0 Å². The minimum absolute atomic E-state index is 0.592. The molecule has 27 heavy (non-hydrogen) atoms. The largest absolute Gasteiger partial charge is 0.376 e. The lowest BCUT2D eigenvalue weighted by molar-refractivity contribution is 0.0906. The molecule has 0 radical (unpaired) electrons. The SMILES string of the molecule is CN=C(NCCN1CCCCC1C)N1CCC(COCc2ccccc2)C1. The molecule has 5 nitrogen and oxygen atoms in total. The standard InChI is InChI=1S/C22H36N4O/c1-19-8-6-7-13-25(19)15-12-24-22(23-2)26-14-11-21(16-26)18-27-17-20-9-4-3-5-10-20/h3-5,9-10,19,21H,6-8,11-18H2,1-2H3,(H,23,24). The highest BCUT2D eigenvalue weighted by atomic mass is 16.5. The highest BCUT2D eigenvalue weighted by Gasteiger charge is 2.25. The van der Waals surface area contributed by atoms with Gasteiger partial charge in [0.15, 0.2) is 5.96 Å². The van der Waals surface area contributed by atoms with Gasteiger partial charge in [-0.05, 0) is 38.3 Å². The van der Waals surface area contributed by atoms with Crippen molar-refractivity contribution >= 4 is 5.96 Å². The van der Waals surface area contributed by atoms with Gasteiger partial charge in [0.05, 0.1) is 13.2 Å². The third-order valence-corrected chi connectivity index (χ3v) is 5.88. The maximum Gasteiger partial charge on any atom is 0.193 e. The van der Waals surface area contributed by atoms with Crippen LogP contribution in [0.25, 0.3) is 0 Å². The number of benzene rings is 1. The highest BCUT2D eigenvalue weighted by Crippen LogP contribution is 2.18. The van der Waals surface area contributed by atoms with Crippen LogP contribution < -0.4 is 5.32 Å². The molecule has 0 aliphatic carbocycles. The number of hydrogen-bond donors (Lipinski definition) is 1. The first-order valence-electron chi connectivity index (χ1n) is 10.6. The Kier molecular flexibility index (Phi) is 7.96. The van der Waals surface area contributed by atoms with E-state index in [2.05, 4.69) is 51.3 Å². The van der Waals surface area contributed by atoms with E-state index >= 15 is 0 Å². The monoisotopic (exact) mass is 372 g/mol. The van der Waals surface area contributed by atoms with E-state index in [9.17, 15) is 0 Å². The molecule has 1 aromatic rings. The second kappa shape index (κ2) is 10.7. The van der Waals surface area contributed by atoms with Crippen LogP contribution in [0.4, 0.5) is 0 Å². The summed E-state index contributed by atoms with van der Waals surface area (Å²) < 4.78 is 5.94. The van der Waals surface area contributed by atoms with Gasteiger partial charge in [-0.25, -0.2) is 0 Å². The summed E-state index contributed by atoms with van der Waals surface area (Å²) in [6.07, 6.45) is 5.24. The van der Waals surface area contributed by atoms with Crippen LogP contribution in [0, 0.1) is 5.92 Å². The summed E-state index contributed by atoms with van der Waals surface area (Å²) in [5.74, 6) is 1.64. The molecule has 0 saturated carbocycles. The maximum atomic E-state index is 5.94. The van der Waals surface area contributed by atoms with E-state index in [-0.39, 0.29) is 0 Å². The Labute approximate surface area is 164 Å². The summed E-state index contributed by atoms with van der Waals surface area (Å²) in [7, 11) is 1.89. The van der Waals surface area contributed by atoms with E-state index < -0.39 is 0 Å². The smallest absolute Gasteiger partial charge is 0.193 e. The van der Waals surface area contributed by atoms with E-state index in [4.69, 9.17) is 4.74 Å². The van der Waals surface area contributed by atoms with Gasteiger partial charge in [0.25, 0.3) is 0 Å². The fraction of sp³-hybridized carbons (Fsp3) is 0.682. The van der Waals surface area contributed by atoms with Crippen molar-refractivity contribution in [2.45, 2.75) is 45.3 Å². The van der Waals surface area contributed by atoms with Crippen molar-refractivity contribution in [3.8, 4) is 0 Å². The Hall–Kier alpha value is -1.59. The molecule has 2 heterocycles. The molecular formula is C22H36N4O. The predicted octanol–water partition coefficient (Wildman–Crippen LogP) is 2.97. The third kappa shape index (κ3) is 6.22. The Morgan fingerprint density at radius 3 is 2.81 bits per heavy atom. The van der Waals surface area contributed by atoms with Gasteiger partial charge in [-0.3, -0.25) is 9.89 Å². The molecule has 2 saturated heterocycles. The number of rotatable bonds is 7. The Morgan fingerprint density at radius 1 is 1.19 bits per heavy atom. The summed E-state index contributed by atoms with van der Waals surface area (Å²) in [4.78, 5) is 9.50. The topological polar surface area (TPSA) is 40.1 Å². The quantitative estimate of drug-likeness (QED) is 0.590. The number of nitrogens with one attached hydrogen (secondary N) is 1. The van der Waals surface area contributed by atoms with Crippen LogP contribution in [0.5, 0.6) is 0 Å². The lowest BCUT2D eigenvalue weighted by atomic mass is 10.0. The van der Waals surface area contributed by atoms with Crippen molar-refractivity contribution in [1.29, 1.82) is 0 Å². The maximum absolute atomic E-state index is 5.94. The highest BCUT2D eigenvalue weighted by molar-refractivity contribution is 5.80. The Bertz CT molecular complexity index is 577. The molecule has 2 unspecified atom stereocenters. The van der Waals surface area contributed by atoms with Gasteiger partial charge in [0, 0.05) is 45.2 Å². The lowest BCUT2D eigenvalue weighted by Gasteiger charge is -2.33. The minimum Gasteiger partial charge on any atom is -0.376 e. The number of ether oxygens (including phenoxy) is 1. The minimum atomic E-state index is 0.592. The zero-order valence-corrected chi connectivity index (χ0v) is 17.1. The van der Waals surface area contributed by atoms with Crippen molar-refractivity contribution in [3.05, 3.63) is 35.9 Å². The number of likely N-dealkylation sites (tertiary alicyclic amines) is 2.